The Kier molecular flexibility index (Phi) is 4.75. The first-order chi connectivity index (χ1) is 13.5. The molecule has 1 aliphatic heterocycles. The number of cyclic esters (lactones) is 1. The van der Waals surface area contributed by atoms with Crippen molar-refractivity contribution in [1.29, 1.82) is 0 Å². The molecule has 0 aromatic heterocycles. The molecule has 0 spiro atoms. The van der Waals surface area contributed by atoms with Gasteiger partial charge in [0.15, 0.2) is 11.5 Å². The van der Waals surface area contributed by atoms with Gasteiger partial charge < -0.3 is 14.6 Å². The van der Waals surface area contributed by atoms with E-state index < -0.39 is 5.97 Å². The summed E-state index contributed by atoms with van der Waals surface area (Å²) in [6, 6.07) is 16.0. The number of halogens is 2. The third-order valence-electron chi connectivity index (χ3n) is 4.45. The maximum Gasteiger partial charge on any atom is 0.348 e. The summed E-state index contributed by atoms with van der Waals surface area (Å²) in [4.78, 5) is 12.4. The van der Waals surface area contributed by atoms with Crippen molar-refractivity contribution >= 4 is 51.6 Å². The van der Waals surface area contributed by atoms with E-state index in [0.29, 0.717) is 15.6 Å². The molecule has 4 nitrogen and oxygen atoms in total. The Morgan fingerprint density at radius 3 is 2.36 bits per heavy atom. The lowest BCUT2D eigenvalue weighted by molar-refractivity contribution is -0.131. The summed E-state index contributed by atoms with van der Waals surface area (Å²) in [5.41, 5.74) is 1.19. The van der Waals surface area contributed by atoms with Gasteiger partial charge in [0, 0.05) is 15.4 Å². The van der Waals surface area contributed by atoms with E-state index in [1.807, 2.05) is 36.4 Å². The molecule has 0 radical (unpaired) electrons. The second-order valence-corrected chi connectivity index (χ2v) is 7.06. The molecule has 0 atom stereocenters. The van der Waals surface area contributed by atoms with Crippen LogP contribution in [0.25, 0.3) is 22.4 Å². The van der Waals surface area contributed by atoms with E-state index in [-0.39, 0.29) is 17.1 Å². The third kappa shape index (κ3) is 3.21. The molecule has 28 heavy (non-hydrogen) atoms. The number of benzene rings is 3. The van der Waals surface area contributed by atoms with Crippen molar-refractivity contribution < 1.29 is 19.4 Å². The van der Waals surface area contributed by atoms with Crippen LogP contribution < -0.4 is 4.74 Å². The molecule has 4 rings (SSSR count). The molecule has 1 N–H and O–H groups in total. The van der Waals surface area contributed by atoms with Gasteiger partial charge in [-0.15, -0.1) is 0 Å². The van der Waals surface area contributed by atoms with Crippen LogP contribution in [-0.4, -0.2) is 18.2 Å². The number of fused-ring (bicyclic) bond motifs is 1. The average molecular weight is 413 g/mol. The highest BCUT2D eigenvalue weighted by Crippen LogP contribution is 2.36. The van der Waals surface area contributed by atoms with E-state index in [1.54, 1.807) is 31.4 Å². The largest absolute Gasteiger partial charge is 0.504 e. The first-order valence-electron chi connectivity index (χ1n) is 8.37. The van der Waals surface area contributed by atoms with E-state index in [9.17, 15) is 9.90 Å². The van der Waals surface area contributed by atoms with Gasteiger partial charge in [0.1, 0.15) is 11.3 Å². The molecular weight excluding hydrogens is 399 g/mol. The molecule has 0 fully saturated rings. The van der Waals surface area contributed by atoms with Crippen molar-refractivity contribution in [1.82, 2.24) is 0 Å². The second kappa shape index (κ2) is 7.23. The first-order valence-corrected chi connectivity index (χ1v) is 9.13. The Bertz CT molecular complexity index is 1160. The van der Waals surface area contributed by atoms with Crippen molar-refractivity contribution in [2.24, 2.45) is 0 Å². The number of carbonyl (C=O) groups excluding carboxylic acids is 1. The second-order valence-electron chi connectivity index (χ2n) is 6.18. The van der Waals surface area contributed by atoms with Crippen molar-refractivity contribution in [2.45, 2.75) is 0 Å². The van der Waals surface area contributed by atoms with E-state index >= 15 is 0 Å². The number of methoxy groups -OCH3 is 1. The number of carbonyl (C=O) groups is 1. The number of ether oxygens (including phenoxy) is 2. The Morgan fingerprint density at radius 1 is 1.00 bits per heavy atom. The van der Waals surface area contributed by atoms with Gasteiger partial charge in [-0.2, -0.15) is 0 Å². The highest BCUT2D eigenvalue weighted by molar-refractivity contribution is 6.35. The Balaban J connectivity index is 1.85. The molecule has 1 aliphatic rings. The molecule has 1 heterocycles. The lowest BCUT2D eigenvalue weighted by Gasteiger charge is -2.08. The average Bonchev–Trinajstić information content (AvgIpc) is 2.94. The van der Waals surface area contributed by atoms with E-state index in [1.165, 1.54) is 0 Å². The standard InChI is InChI=1S/C22H14Cl2O4/c1-27-18-7-6-12(16-4-2-3-5-17(16)18)10-19-21(25)20(22(26)28-19)13-8-14(23)11-15(24)9-13/h2-11,25H,1H3/b19-10+. The van der Waals surface area contributed by atoms with Gasteiger partial charge in [0.2, 0.25) is 0 Å². The van der Waals surface area contributed by atoms with Gasteiger partial charge in [-0.05, 0) is 46.9 Å². The zero-order chi connectivity index (χ0) is 19.8. The number of rotatable bonds is 3. The maximum absolute atomic E-state index is 12.4. The highest BCUT2D eigenvalue weighted by atomic mass is 35.5. The molecule has 3 aromatic carbocycles. The normalized spacial score (nSPS) is 15.4. The fourth-order valence-corrected chi connectivity index (χ4v) is 3.74. The lowest BCUT2D eigenvalue weighted by Crippen LogP contribution is -1.98. The van der Waals surface area contributed by atoms with Crippen molar-refractivity contribution in [2.75, 3.05) is 7.11 Å². The molecule has 140 valence electrons. The molecular formula is C22H14Cl2O4. The van der Waals surface area contributed by atoms with Crippen LogP contribution in [0.2, 0.25) is 10.0 Å². The number of hydrogen-bond acceptors (Lipinski definition) is 4. The molecule has 0 amide bonds. The molecule has 0 saturated carbocycles. The molecule has 0 unspecified atom stereocenters. The van der Waals surface area contributed by atoms with Gasteiger partial charge in [0.05, 0.1) is 7.11 Å². The third-order valence-corrected chi connectivity index (χ3v) is 4.89. The van der Waals surface area contributed by atoms with Crippen LogP contribution in [0.1, 0.15) is 11.1 Å². The van der Waals surface area contributed by atoms with Gasteiger partial charge in [-0.3, -0.25) is 0 Å². The summed E-state index contributed by atoms with van der Waals surface area (Å²) < 4.78 is 10.7. The fourth-order valence-electron chi connectivity index (χ4n) is 3.21. The topological polar surface area (TPSA) is 55.8 Å². The van der Waals surface area contributed by atoms with E-state index in [0.717, 1.165) is 22.1 Å². The van der Waals surface area contributed by atoms with Crippen LogP contribution in [0.4, 0.5) is 0 Å². The Labute approximate surface area is 171 Å². The predicted molar refractivity (Wildman–Crippen MR) is 111 cm³/mol. The number of esters is 1. The van der Waals surface area contributed by atoms with Gasteiger partial charge in [-0.1, -0.05) is 53.5 Å². The van der Waals surface area contributed by atoms with Crippen LogP contribution in [0.3, 0.4) is 0 Å². The summed E-state index contributed by atoms with van der Waals surface area (Å²) in [5.74, 6) is -0.135. The predicted octanol–water partition coefficient (Wildman–Crippen LogP) is 6.02. The van der Waals surface area contributed by atoms with Crippen molar-refractivity contribution in [3.05, 3.63) is 87.3 Å². The Hall–Kier alpha value is -2.95. The fraction of sp³-hybridized carbons (Fsp3) is 0.0455. The Morgan fingerprint density at radius 2 is 1.68 bits per heavy atom. The molecule has 3 aromatic rings. The van der Waals surface area contributed by atoms with Crippen LogP contribution in [0, 0.1) is 0 Å². The van der Waals surface area contributed by atoms with Gasteiger partial charge in [-0.25, -0.2) is 4.79 Å². The zero-order valence-corrected chi connectivity index (χ0v) is 16.2. The van der Waals surface area contributed by atoms with Crippen molar-refractivity contribution in [3.63, 3.8) is 0 Å². The molecule has 6 heteroatoms. The van der Waals surface area contributed by atoms with Crippen molar-refractivity contribution in [3.8, 4) is 5.75 Å². The van der Waals surface area contributed by atoms with E-state index in [4.69, 9.17) is 32.7 Å². The van der Waals surface area contributed by atoms with Gasteiger partial charge in [0.25, 0.3) is 0 Å². The number of hydrogen-bond donors (Lipinski definition) is 1. The minimum Gasteiger partial charge on any atom is -0.504 e. The van der Waals surface area contributed by atoms with Crippen LogP contribution in [0.15, 0.2) is 66.1 Å². The van der Waals surface area contributed by atoms with Crippen LogP contribution in [-0.2, 0) is 9.53 Å². The summed E-state index contributed by atoms with van der Waals surface area (Å²) in [6.07, 6.45) is 1.62. The quantitative estimate of drug-likeness (QED) is 0.534. The SMILES string of the molecule is COc1ccc(/C=C2/OC(=O)C(c3cc(Cl)cc(Cl)c3)=C2O)c2ccccc12. The summed E-state index contributed by atoms with van der Waals surface area (Å²) in [7, 11) is 1.61. The van der Waals surface area contributed by atoms with Gasteiger partial charge >= 0.3 is 5.97 Å². The minimum absolute atomic E-state index is 0.0217. The summed E-state index contributed by atoms with van der Waals surface area (Å²) >= 11 is 12.0. The molecule has 0 aliphatic carbocycles. The zero-order valence-electron chi connectivity index (χ0n) is 14.7. The number of aliphatic hydroxyl groups excluding tert-OH is 1. The summed E-state index contributed by atoms with van der Waals surface area (Å²) in [6.45, 7) is 0. The molecule has 0 saturated heterocycles. The van der Waals surface area contributed by atoms with E-state index in [2.05, 4.69) is 0 Å². The summed E-state index contributed by atoms with van der Waals surface area (Å²) in [5, 5.41) is 13.2. The number of aliphatic hydroxyl groups is 1. The minimum atomic E-state index is -0.667. The highest BCUT2D eigenvalue weighted by Gasteiger charge is 2.31. The smallest absolute Gasteiger partial charge is 0.348 e. The monoisotopic (exact) mass is 412 g/mol. The lowest BCUT2D eigenvalue weighted by atomic mass is 10.0. The van der Waals surface area contributed by atoms with Crippen LogP contribution in [0.5, 0.6) is 5.75 Å². The first kappa shape index (κ1) is 18.4. The van der Waals surface area contributed by atoms with Crippen LogP contribution >= 0.6 is 23.2 Å². The maximum atomic E-state index is 12.4. The molecule has 0 bridgehead atoms.